The van der Waals surface area contributed by atoms with Gasteiger partial charge in [-0.3, -0.25) is 9.99 Å². The first-order chi connectivity index (χ1) is 11.5. The Labute approximate surface area is 136 Å². The van der Waals surface area contributed by atoms with Crippen molar-refractivity contribution in [3.63, 3.8) is 0 Å². The molecular weight excluding hydrogens is 322 g/mol. The molecule has 0 aliphatic carbocycles. The summed E-state index contributed by atoms with van der Waals surface area (Å²) in [6.07, 6.45) is -2.96. The van der Waals surface area contributed by atoms with Gasteiger partial charge < -0.3 is 30.9 Å². The molecule has 9 N–H and O–H groups in total. The van der Waals surface area contributed by atoms with Crippen LogP contribution in [-0.2, 0) is 4.74 Å². The quantitative estimate of drug-likeness (QED) is 0.226. The van der Waals surface area contributed by atoms with Gasteiger partial charge in [0.1, 0.15) is 23.8 Å². The molecule has 134 valence electrons. The number of nitrogens with zero attached hydrogens (tertiary/aromatic N) is 4. The lowest BCUT2D eigenvalue weighted by molar-refractivity contribution is -0.0511. The summed E-state index contributed by atoms with van der Waals surface area (Å²) in [7, 11) is 0. The number of hydrogen-bond acceptors (Lipinski definition) is 11. The minimum atomic E-state index is -1.25. The van der Waals surface area contributed by atoms with E-state index in [2.05, 4.69) is 20.4 Å². The van der Waals surface area contributed by atoms with Crippen molar-refractivity contribution in [2.75, 3.05) is 24.4 Å². The van der Waals surface area contributed by atoms with Crippen LogP contribution in [0.15, 0.2) is 6.33 Å². The Balaban J connectivity index is 0.000000647. The van der Waals surface area contributed by atoms with Crippen molar-refractivity contribution in [3.8, 4) is 0 Å². The smallest absolute Gasteiger partial charge is 0.241 e. The summed E-state index contributed by atoms with van der Waals surface area (Å²) in [5.41, 5.74) is 8.61. The van der Waals surface area contributed by atoms with Crippen LogP contribution in [0.2, 0.25) is 0 Å². The van der Waals surface area contributed by atoms with Crippen LogP contribution >= 0.6 is 0 Å². The van der Waals surface area contributed by atoms with Gasteiger partial charge in [-0.2, -0.15) is 9.97 Å². The highest BCUT2D eigenvalue weighted by molar-refractivity contribution is 5.82. The van der Waals surface area contributed by atoms with Crippen LogP contribution in [0, 0.1) is 0 Å². The number of aromatic nitrogens is 4. The van der Waals surface area contributed by atoms with E-state index >= 15 is 0 Å². The average molecular weight is 343 g/mol. The van der Waals surface area contributed by atoms with E-state index in [1.165, 1.54) is 10.9 Å². The van der Waals surface area contributed by atoms with Crippen LogP contribution in [0.5, 0.6) is 0 Å². The molecule has 4 atom stereocenters. The van der Waals surface area contributed by atoms with E-state index in [0.717, 1.165) is 0 Å². The number of hydrogen-bond donors (Lipinski definition) is 7. The number of imidazole rings is 1. The highest BCUT2D eigenvalue weighted by atomic mass is 16.6. The van der Waals surface area contributed by atoms with E-state index in [9.17, 15) is 10.2 Å². The molecule has 1 fully saturated rings. The first-order valence-corrected chi connectivity index (χ1v) is 7.18. The fraction of sp³-hybridized carbons (Fsp3) is 0.583. The Morgan fingerprint density at radius 1 is 1.29 bits per heavy atom. The van der Waals surface area contributed by atoms with Crippen LogP contribution in [0.25, 0.3) is 11.2 Å². The van der Waals surface area contributed by atoms with Gasteiger partial charge in [-0.1, -0.05) is 0 Å². The third-order valence-electron chi connectivity index (χ3n) is 3.37. The molecule has 3 rings (SSSR count). The van der Waals surface area contributed by atoms with E-state index in [0.29, 0.717) is 5.52 Å². The predicted molar refractivity (Wildman–Crippen MR) is 83.3 cm³/mol. The van der Waals surface area contributed by atoms with Gasteiger partial charge in [-0.05, 0) is 6.92 Å². The minimum Gasteiger partial charge on any atom is -0.397 e. The maximum atomic E-state index is 10.0. The van der Waals surface area contributed by atoms with Gasteiger partial charge in [0, 0.05) is 6.61 Å². The molecule has 1 saturated heterocycles. The number of aliphatic hydroxyl groups is 4. The highest BCUT2D eigenvalue weighted by Gasteiger charge is 2.44. The van der Waals surface area contributed by atoms with Gasteiger partial charge >= 0.3 is 0 Å². The normalized spacial score (nSPS) is 26.2. The number of ether oxygens (including phenoxy) is 1. The molecule has 0 amide bonds. The van der Waals surface area contributed by atoms with Gasteiger partial charge in [0.25, 0.3) is 0 Å². The van der Waals surface area contributed by atoms with Crippen molar-refractivity contribution in [1.29, 1.82) is 0 Å². The number of anilines is 2. The lowest BCUT2D eigenvalue weighted by atomic mass is 10.1. The molecule has 0 spiro atoms. The fourth-order valence-corrected chi connectivity index (χ4v) is 2.30. The molecule has 0 aromatic carbocycles. The van der Waals surface area contributed by atoms with E-state index in [1.54, 1.807) is 6.92 Å². The number of nitrogens with two attached hydrogens (primary N) is 2. The second kappa shape index (κ2) is 7.65. The Morgan fingerprint density at radius 2 is 1.96 bits per heavy atom. The monoisotopic (exact) mass is 343 g/mol. The van der Waals surface area contributed by atoms with E-state index in [4.69, 9.17) is 26.5 Å². The first-order valence-electron chi connectivity index (χ1n) is 7.18. The predicted octanol–water partition coefficient (Wildman–Crippen LogP) is -2.70. The van der Waals surface area contributed by atoms with E-state index in [-0.39, 0.29) is 24.0 Å². The zero-order chi connectivity index (χ0) is 17.9. The average Bonchev–Trinajstić information content (AvgIpc) is 3.10. The second-order valence-corrected chi connectivity index (χ2v) is 4.95. The summed E-state index contributed by atoms with van der Waals surface area (Å²) in [5, 5.41) is 36.5. The molecule has 1 aliphatic rings. The SMILES string of the molecule is CCO.NNc1nc(N)c2ncn(C3OC(CO)C(O)C3O)c2n1. The highest BCUT2D eigenvalue weighted by Crippen LogP contribution is 2.32. The third kappa shape index (κ3) is 3.24. The molecule has 4 unspecified atom stereocenters. The molecule has 12 nitrogen and oxygen atoms in total. The summed E-state index contributed by atoms with van der Waals surface area (Å²) >= 11 is 0. The summed E-state index contributed by atoms with van der Waals surface area (Å²) in [5.74, 6) is 5.45. The molecule has 1 aliphatic heterocycles. The maximum Gasteiger partial charge on any atom is 0.241 e. The topological polar surface area (TPSA) is 198 Å². The Kier molecular flexibility index (Phi) is 5.82. The van der Waals surface area contributed by atoms with Gasteiger partial charge in [0.15, 0.2) is 17.7 Å². The molecular formula is C12H21N7O5. The Morgan fingerprint density at radius 3 is 2.50 bits per heavy atom. The molecule has 3 heterocycles. The zero-order valence-corrected chi connectivity index (χ0v) is 12.9. The third-order valence-corrected chi connectivity index (χ3v) is 3.37. The van der Waals surface area contributed by atoms with Crippen molar-refractivity contribution in [2.24, 2.45) is 5.84 Å². The number of rotatable bonds is 3. The number of nitrogens with one attached hydrogen (secondary N) is 1. The molecule has 2 aromatic heterocycles. The standard InChI is InChI=1S/C10H15N7O4.C2H6O/c11-7-4-8(15-10(14-7)16-12)17(2-13-4)9-6(20)5(19)3(1-18)21-9;1-2-3/h2-3,5-6,9,18-20H,1,12H2,(H3,11,14,15,16);3H,2H2,1H3. The molecule has 12 heteroatoms. The van der Waals surface area contributed by atoms with Crippen LogP contribution in [-0.4, -0.2) is 71.5 Å². The van der Waals surface area contributed by atoms with Gasteiger partial charge in [-0.15, -0.1) is 0 Å². The van der Waals surface area contributed by atoms with E-state index in [1.807, 2.05) is 0 Å². The summed E-state index contributed by atoms with van der Waals surface area (Å²) in [6.45, 7) is 1.51. The lowest BCUT2D eigenvalue weighted by Gasteiger charge is -2.16. The Bertz CT molecular complexity index is 681. The van der Waals surface area contributed by atoms with Crippen molar-refractivity contribution in [1.82, 2.24) is 19.5 Å². The molecule has 0 radical (unpaired) electrons. The first kappa shape index (κ1) is 18.3. The van der Waals surface area contributed by atoms with Gasteiger partial charge in [0.05, 0.1) is 12.9 Å². The Hall–Kier alpha value is -2.09. The molecule has 0 bridgehead atoms. The molecule has 2 aromatic rings. The fourth-order valence-electron chi connectivity index (χ4n) is 2.30. The van der Waals surface area contributed by atoms with Crippen molar-refractivity contribution in [2.45, 2.75) is 31.5 Å². The van der Waals surface area contributed by atoms with Crippen molar-refractivity contribution < 1.29 is 25.2 Å². The minimum absolute atomic E-state index is 0.0773. The van der Waals surface area contributed by atoms with Crippen LogP contribution in [0.3, 0.4) is 0 Å². The number of nitrogen functional groups attached to an aromatic ring is 2. The summed E-state index contributed by atoms with van der Waals surface area (Å²) in [4.78, 5) is 12.1. The number of fused-ring (bicyclic) bond motifs is 1. The largest absolute Gasteiger partial charge is 0.397 e. The van der Waals surface area contributed by atoms with Crippen LogP contribution in [0.4, 0.5) is 11.8 Å². The van der Waals surface area contributed by atoms with Crippen molar-refractivity contribution >= 4 is 22.9 Å². The number of hydrazine groups is 1. The number of aliphatic hydroxyl groups excluding tert-OH is 4. The van der Waals surface area contributed by atoms with Crippen LogP contribution < -0.4 is 17.0 Å². The zero-order valence-electron chi connectivity index (χ0n) is 12.9. The van der Waals surface area contributed by atoms with Crippen molar-refractivity contribution in [3.05, 3.63) is 6.33 Å². The maximum absolute atomic E-state index is 10.0. The summed E-state index contributed by atoms with van der Waals surface area (Å²) < 4.78 is 6.82. The molecule has 24 heavy (non-hydrogen) atoms. The lowest BCUT2D eigenvalue weighted by Crippen LogP contribution is -2.33. The summed E-state index contributed by atoms with van der Waals surface area (Å²) in [6, 6.07) is 0. The van der Waals surface area contributed by atoms with Gasteiger partial charge in [-0.25, -0.2) is 10.8 Å². The van der Waals surface area contributed by atoms with E-state index < -0.39 is 31.1 Å². The molecule has 0 saturated carbocycles. The van der Waals surface area contributed by atoms with Crippen LogP contribution in [0.1, 0.15) is 13.2 Å². The van der Waals surface area contributed by atoms with Gasteiger partial charge in [0.2, 0.25) is 5.95 Å². The second-order valence-electron chi connectivity index (χ2n) is 4.95.